The van der Waals surface area contributed by atoms with Crippen LogP contribution in [0.3, 0.4) is 0 Å². The molecule has 2 nitrogen and oxygen atoms in total. The van der Waals surface area contributed by atoms with Crippen LogP contribution < -0.4 is 10.6 Å². The predicted molar refractivity (Wildman–Crippen MR) is 78.4 cm³/mol. The van der Waals surface area contributed by atoms with Crippen molar-refractivity contribution in [1.82, 2.24) is 5.32 Å². The number of halogens is 2. The van der Waals surface area contributed by atoms with Gasteiger partial charge in [0.1, 0.15) is 0 Å². The normalized spacial score (nSPS) is 10.0. The van der Waals surface area contributed by atoms with Crippen molar-refractivity contribution in [3.05, 3.63) is 27.2 Å². The van der Waals surface area contributed by atoms with Crippen molar-refractivity contribution < 1.29 is 0 Å². The van der Waals surface area contributed by atoms with Gasteiger partial charge >= 0.3 is 0 Å². The summed E-state index contributed by atoms with van der Waals surface area (Å²) in [6, 6.07) is 3.83. The summed E-state index contributed by atoms with van der Waals surface area (Å²) in [5.41, 5.74) is 1.91. The molecule has 16 heavy (non-hydrogen) atoms. The van der Waals surface area contributed by atoms with Gasteiger partial charge in [0.05, 0.1) is 5.69 Å². The van der Waals surface area contributed by atoms with Crippen LogP contribution in [0, 0.1) is 6.92 Å². The summed E-state index contributed by atoms with van der Waals surface area (Å²) in [6.07, 6.45) is 1.04. The van der Waals surface area contributed by atoms with Crippen LogP contribution in [-0.2, 0) is 0 Å². The average Bonchev–Trinajstić information content (AvgIpc) is 2.23. The Morgan fingerprint density at radius 2 is 2.19 bits per heavy atom. The molecule has 0 aromatic heterocycles. The Morgan fingerprint density at radius 3 is 2.81 bits per heavy atom. The van der Waals surface area contributed by atoms with Gasteiger partial charge in [0, 0.05) is 16.0 Å². The molecule has 1 aromatic rings. The number of rotatable bonds is 3. The smallest absolute Gasteiger partial charge is 0.170 e. The first-order valence-electron chi connectivity index (χ1n) is 5.05. The molecule has 0 radical (unpaired) electrons. The van der Waals surface area contributed by atoms with Gasteiger partial charge in [0.25, 0.3) is 0 Å². The van der Waals surface area contributed by atoms with Crippen molar-refractivity contribution in [3.8, 4) is 0 Å². The van der Waals surface area contributed by atoms with Crippen LogP contribution in [0.4, 0.5) is 5.69 Å². The number of hydrogen-bond donors (Lipinski definition) is 2. The van der Waals surface area contributed by atoms with Crippen LogP contribution in [-0.4, -0.2) is 11.7 Å². The highest BCUT2D eigenvalue weighted by molar-refractivity contribution is 9.10. The van der Waals surface area contributed by atoms with Crippen molar-refractivity contribution in [3.63, 3.8) is 0 Å². The zero-order chi connectivity index (χ0) is 12.1. The van der Waals surface area contributed by atoms with Crippen molar-refractivity contribution >= 4 is 50.5 Å². The predicted octanol–water partition coefficient (Wildman–Crippen LogP) is 4.11. The Kier molecular flexibility index (Phi) is 5.52. The van der Waals surface area contributed by atoms with E-state index in [1.54, 1.807) is 0 Å². The standard InChI is InChI=1S/C11H14BrClN2S/c1-3-4-14-11(16)15-10-6-9(13)7(2)5-8(10)12/h5-6H,3-4H2,1-2H3,(H2,14,15,16). The molecule has 0 heterocycles. The first kappa shape index (κ1) is 13.7. The van der Waals surface area contributed by atoms with E-state index in [9.17, 15) is 0 Å². The van der Waals surface area contributed by atoms with Crippen molar-refractivity contribution in [1.29, 1.82) is 0 Å². The SMILES string of the molecule is CCCNC(=S)Nc1cc(Cl)c(C)cc1Br. The van der Waals surface area contributed by atoms with Gasteiger partial charge in [-0.3, -0.25) is 0 Å². The third kappa shape index (κ3) is 3.92. The first-order valence-corrected chi connectivity index (χ1v) is 6.63. The minimum absolute atomic E-state index is 0.613. The van der Waals surface area contributed by atoms with Crippen LogP contribution in [0.25, 0.3) is 0 Å². The number of benzene rings is 1. The number of anilines is 1. The minimum Gasteiger partial charge on any atom is -0.362 e. The largest absolute Gasteiger partial charge is 0.362 e. The van der Waals surface area contributed by atoms with Gasteiger partial charge in [-0.1, -0.05) is 18.5 Å². The summed E-state index contributed by atoms with van der Waals surface area (Å²) in [4.78, 5) is 0. The van der Waals surface area contributed by atoms with Gasteiger partial charge in [0.15, 0.2) is 5.11 Å². The van der Waals surface area contributed by atoms with Crippen LogP contribution >= 0.6 is 39.7 Å². The number of nitrogens with one attached hydrogen (secondary N) is 2. The van der Waals surface area contributed by atoms with E-state index in [1.807, 2.05) is 19.1 Å². The molecule has 0 fully saturated rings. The average molecular weight is 322 g/mol. The molecule has 0 spiro atoms. The van der Waals surface area contributed by atoms with Gasteiger partial charge in [0.2, 0.25) is 0 Å². The van der Waals surface area contributed by atoms with E-state index in [4.69, 9.17) is 23.8 Å². The molecule has 0 saturated carbocycles. The van der Waals surface area contributed by atoms with E-state index in [0.29, 0.717) is 5.11 Å². The number of hydrogen-bond acceptors (Lipinski definition) is 1. The molecule has 1 aromatic carbocycles. The maximum Gasteiger partial charge on any atom is 0.170 e. The van der Waals surface area contributed by atoms with E-state index in [2.05, 4.69) is 33.5 Å². The van der Waals surface area contributed by atoms with Crippen LogP contribution in [0.5, 0.6) is 0 Å². The summed E-state index contributed by atoms with van der Waals surface area (Å²) in [5, 5.41) is 7.54. The third-order valence-electron chi connectivity index (χ3n) is 2.03. The van der Waals surface area contributed by atoms with Gasteiger partial charge in [-0.05, 0) is 59.2 Å². The molecule has 2 N–H and O–H groups in total. The fourth-order valence-corrected chi connectivity index (χ4v) is 2.08. The molecular weight excluding hydrogens is 308 g/mol. The van der Waals surface area contributed by atoms with Crippen molar-refractivity contribution in [2.45, 2.75) is 20.3 Å². The summed E-state index contributed by atoms with van der Waals surface area (Å²) in [6.45, 7) is 4.92. The van der Waals surface area contributed by atoms with Crippen molar-refractivity contribution in [2.75, 3.05) is 11.9 Å². The zero-order valence-electron chi connectivity index (χ0n) is 9.23. The summed E-state index contributed by atoms with van der Waals surface area (Å²) in [7, 11) is 0. The summed E-state index contributed by atoms with van der Waals surface area (Å²) >= 11 is 14.7. The molecule has 0 aliphatic rings. The van der Waals surface area contributed by atoms with Gasteiger partial charge < -0.3 is 10.6 Å². The quantitative estimate of drug-likeness (QED) is 0.819. The van der Waals surface area contributed by atoms with Gasteiger partial charge in [-0.25, -0.2) is 0 Å². The minimum atomic E-state index is 0.613. The van der Waals surface area contributed by atoms with Crippen LogP contribution in [0.1, 0.15) is 18.9 Å². The molecule has 5 heteroatoms. The lowest BCUT2D eigenvalue weighted by Crippen LogP contribution is -2.29. The van der Waals surface area contributed by atoms with Gasteiger partial charge in [-0.15, -0.1) is 0 Å². The lowest BCUT2D eigenvalue weighted by molar-refractivity contribution is 0.846. The highest BCUT2D eigenvalue weighted by atomic mass is 79.9. The van der Waals surface area contributed by atoms with E-state index >= 15 is 0 Å². The van der Waals surface area contributed by atoms with E-state index < -0.39 is 0 Å². The topological polar surface area (TPSA) is 24.1 Å². The van der Waals surface area contributed by atoms with E-state index in [-0.39, 0.29) is 0 Å². The highest BCUT2D eigenvalue weighted by Gasteiger charge is 2.05. The molecule has 0 atom stereocenters. The molecule has 88 valence electrons. The molecule has 0 saturated heterocycles. The molecule has 0 unspecified atom stereocenters. The monoisotopic (exact) mass is 320 g/mol. The molecule has 0 aliphatic heterocycles. The first-order chi connectivity index (χ1) is 7.54. The zero-order valence-corrected chi connectivity index (χ0v) is 12.4. The Hall–Kier alpha value is -0.320. The highest BCUT2D eigenvalue weighted by Crippen LogP contribution is 2.28. The maximum atomic E-state index is 6.05. The Balaban J connectivity index is 2.73. The fourth-order valence-electron chi connectivity index (χ4n) is 1.15. The summed E-state index contributed by atoms with van der Waals surface area (Å²) < 4.78 is 0.954. The third-order valence-corrected chi connectivity index (χ3v) is 3.34. The van der Waals surface area contributed by atoms with Crippen LogP contribution in [0.15, 0.2) is 16.6 Å². The second kappa shape index (κ2) is 6.42. The van der Waals surface area contributed by atoms with Crippen LogP contribution in [0.2, 0.25) is 5.02 Å². The second-order valence-corrected chi connectivity index (χ2v) is 5.13. The molecule has 1 rings (SSSR count). The van der Waals surface area contributed by atoms with E-state index in [1.165, 1.54) is 0 Å². The molecule has 0 bridgehead atoms. The number of aryl methyl sites for hydroxylation is 1. The number of thiocarbonyl (C=S) groups is 1. The Bertz CT molecular complexity index is 396. The van der Waals surface area contributed by atoms with Crippen molar-refractivity contribution in [2.24, 2.45) is 0 Å². The molecule has 0 amide bonds. The lowest BCUT2D eigenvalue weighted by Gasteiger charge is -2.12. The van der Waals surface area contributed by atoms with Gasteiger partial charge in [-0.2, -0.15) is 0 Å². The summed E-state index contributed by atoms with van der Waals surface area (Å²) in [5.74, 6) is 0. The molecular formula is C11H14BrClN2S. The molecule has 0 aliphatic carbocycles. The van der Waals surface area contributed by atoms with E-state index in [0.717, 1.165) is 33.7 Å². The second-order valence-electron chi connectivity index (χ2n) is 3.46. The fraction of sp³-hybridized carbons (Fsp3) is 0.364. The Morgan fingerprint density at radius 1 is 1.50 bits per heavy atom. The lowest BCUT2D eigenvalue weighted by atomic mass is 10.2. The maximum absolute atomic E-state index is 6.05. The Labute approximate surface area is 115 Å².